The molecule has 0 radical (unpaired) electrons. The molecule has 1 rings (SSSR count). The summed E-state index contributed by atoms with van der Waals surface area (Å²) in [5, 5.41) is 1.78. The number of aromatic nitrogens is 1. The first kappa shape index (κ1) is 12.1. The molecule has 0 unspecified atom stereocenters. The maximum atomic E-state index is 11.7. The summed E-state index contributed by atoms with van der Waals surface area (Å²) in [4.78, 5) is 19.6. The number of carbonyl (C=O) groups excluding carboxylic acids is 1. The molecule has 15 heavy (non-hydrogen) atoms. The van der Waals surface area contributed by atoms with E-state index in [1.54, 1.807) is 15.8 Å². The van der Waals surface area contributed by atoms with Crippen LogP contribution in [0.2, 0.25) is 0 Å². The molecular formula is C10H17N3OS. The van der Waals surface area contributed by atoms with E-state index in [0.717, 1.165) is 19.5 Å². The Balaban J connectivity index is 2.34. The predicted molar refractivity (Wildman–Crippen MR) is 62.2 cm³/mol. The largest absolute Gasteiger partial charge is 0.340 e. The van der Waals surface area contributed by atoms with Crippen LogP contribution in [0.15, 0.2) is 10.9 Å². The van der Waals surface area contributed by atoms with Crippen molar-refractivity contribution in [3.8, 4) is 0 Å². The monoisotopic (exact) mass is 227 g/mol. The molecule has 0 spiro atoms. The lowest BCUT2D eigenvalue weighted by Crippen LogP contribution is -2.29. The smallest absolute Gasteiger partial charge is 0.273 e. The minimum atomic E-state index is 0.00926. The van der Waals surface area contributed by atoms with E-state index in [0.29, 0.717) is 5.69 Å². The van der Waals surface area contributed by atoms with Gasteiger partial charge in [-0.05, 0) is 27.1 Å². The van der Waals surface area contributed by atoms with Crippen LogP contribution in [-0.2, 0) is 0 Å². The molecule has 0 aromatic carbocycles. The van der Waals surface area contributed by atoms with Crippen LogP contribution in [0, 0.1) is 0 Å². The Morgan fingerprint density at radius 2 is 2.13 bits per heavy atom. The summed E-state index contributed by atoms with van der Waals surface area (Å²) in [6.07, 6.45) is 0.985. The molecule has 1 heterocycles. The van der Waals surface area contributed by atoms with Crippen molar-refractivity contribution in [1.82, 2.24) is 14.8 Å². The van der Waals surface area contributed by atoms with Gasteiger partial charge in [-0.1, -0.05) is 0 Å². The summed E-state index contributed by atoms with van der Waals surface area (Å²) in [7, 11) is 5.88. The average molecular weight is 227 g/mol. The van der Waals surface area contributed by atoms with Gasteiger partial charge >= 0.3 is 0 Å². The second kappa shape index (κ2) is 5.82. The van der Waals surface area contributed by atoms with Gasteiger partial charge in [0.2, 0.25) is 0 Å². The zero-order valence-electron chi connectivity index (χ0n) is 9.43. The highest BCUT2D eigenvalue weighted by Gasteiger charge is 2.12. The highest BCUT2D eigenvalue weighted by Crippen LogP contribution is 2.04. The Morgan fingerprint density at radius 1 is 1.40 bits per heavy atom. The van der Waals surface area contributed by atoms with E-state index in [9.17, 15) is 4.79 Å². The van der Waals surface area contributed by atoms with Gasteiger partial charge < -0.3 is 9.80 Å². The molecule has 1 aromatic heterocycles. The lowest BCUT2D eigenvalue weighted by molar-refractivity contribution is 0.0785. The van der Waals surface area contributed by atoms with Gasteiger partial charge in [0.05, 0.1) is 5.51 Å². The first-order valence-electron chi connectivity index (χ1n) is 4.89. The quantitative estimate of drug-likeness (QED) is 0.757. The number of carbonyl (C=O) groups is 1. The van der Waals surface area contributed by atoms with Gasteiger partial charge in [-0.2, -0.15) is 0 Å². The number of thiazole rings is 1. The number of rotatable bonds is 5. The maximum Gasteiger partial charge on any atom is 0.273 e. The molecule has 0 aliphatic heterocycles. The highest BCUT2D eigenvalue weighted by atomic mass is 32.1. The van der Waals surface area contributed by atoms with Crippen LogP contribution in [0.25, 0.3) is 0 Å². The van der Waals surface area contributed by atoms with Crippen molar-refractivity contribution in [2.45, 2.75) is 6.42 Å². The molecule has 0 bridgehead atoms. The van der Waals surface area contributed by atoms with Crippen LogP contribution in [0.3, 0.4) is 0 Å². The van der Waals surface area contributed by atoms with Crippen molar-refractivity contribution >= 4 is 17.2 Å². The van der Waals surface area contributed by atoms with Crippen molar-refractivity contribution in [3.05, 3.63) is 16.6 Å². The minimum absolute atomic E-state index is 0.00926. The van der Waals surface area contributed by atoms with Crippen LogP contribution in [0.5, 0.6) is 0 Å². The van der Waals surface area contributed by atoms with Gasteiger partial charge in [-0.3, -0.25) is 4.79 Å². The van der Waals surface area contributed by atoms with Crippen molar-refractivity contribution in [3.63, 3.8) is 0 Å². The Morgan fingerprint density at radius 3 is 2.67 bits per heavy atom. The molecule has 5 heteroatoms. The predicted octanol–water partition coefficient (Wildman–Crippen LogP) is 1.17. The molecule has 84 valence electrons. The topological polar surface area (TPSA) is 36.4 Å². The summed E-state index contributed by atoms with van der Waals surface area (Å²) >= 11 is 1.45. The lowest BCUT2D eigenvalue weighted by atomic mass is 10.3. The van der Waals surface area contributed by atoms with E-state index in [-0.39, 0.29) is 5.91 Å². The van der Waals surface area contributed by atoms with Crippen molar-refractivity contribution < 1.29 is 4.79 Å². The zero-order chi connectivity index (χ0) is 11.3. The molecule has 0 saturated carbocycles. The fourth-order valence-corrected chi connectivity index (χ4v) is 1.77. The first-order valence-corrected chi connectivity index (χ1v) is 5.84. The van der Waals surface area contributed by atoms with E-state index < -0.39 is 0 Å². The van der Waals surface area contributed by atoms with Crippen LogP contribution in [-0.4, -0.2) is 54.9 Å². The molecule has 0 saturated heterocycles. The van der Waals surface area contributed by atoms with Gasteiger partial charge in [0.1, 0.15) is 5.69 Å². The second-order valence-corrected chi connectivity index (χ2v) is 4.48. The third-order valence-electron chi connectivity index (χ3n) is 2.10. The molecule has 0 aliphatic carbocycles. The summed E-state index contributed by atoms with van der Waals surface area (Å²) in [5.41, 5.74) is 2.23. The van der Waals surface area contributed by atoms with Crippen LogP contribution in [0.1, 0.15) is 16.9 Å². The average Bonchev–Trinajstić information content (AvgIpc) is 2.68. The fraction of sp³-hybridized carbons (Fsp3) is 0.600. The molecule has 1 amide bonds. The molecule has 0 aliphatic rings. The van der Waals surface area contributed by atoms with Gasteiger partial charge in [0.15, 0.2) is 0 Å². The minimum Gasteiger partial charge on any atom is -0.340 e. The summed E-state index contributed by atoms with van der Waals surface area (Å²) < 4.78 is 0. The Labute approximate surface area is 94.5 Å². The Bertz CT molecular complexity index is 298. The SMILES string of the molecule is CN(C)CCCN(C)C(=O)c1cscn1. The van der Waals surface area contributed by atoms with Crippen LogP contribution in [0.4, 0.5) is 0 Å². The summed E-state index contributed by atoms with van der Waals surface area (Å²) in [5.74, 6) is 0.00926. The van der Waals surface area contributed by atoms with Crippen LogP contribution < -0.4 is 0 Å². The normalized spacial score (nSPS) is 10.7. The van der Waals surface area contributed by atoms with E-state index in [1.165, 1.54) is 11.3 Å². The Kier molecular flexibility index (Phi) is 4.71. The van der Waals surface area contributed by atoms with E-state index in [2.05, 4.69) is 9.88 Å². The Hall–Kier alpha value is -0.940. The molecule has 1 aromatic rings. The summed E-state index contributed by atoms with van der Waals surface area (Å²) in [6.45, 7) is 1.77. The van der Waals surface area contributed by atoms with Gasteiger partial charge in [-0.25, -0.2) is 4.98 Å². The number of hydrogen-bond acceptors (Lipinski definition) is 4. The molecule has 0 fully saturated rings. The van der Waals surface area contributed by atoms with Crippen molar-refractivity contribution in [2.75, 3.05) is 34.2 Å². The molecule has 0 N–H and O–H groups in total. The van der Waals surface area contributed by atoms with Gasteiger partial charge in [0.25, 0.3) is 5.91 Å². The fourth-order valence-electron chi connectivity index (χ4n) is 1.24. The number of nitrogens with zero attached hydrogens (tertiary/aromatic N) is 3. The molecule has 4 nitrogen and oxygen atoms in total. The van der Waals surface area contributed by atoms with Crippen molar-refractivity contribution in [1.29, 1.82) is 0 Å². The maximum absolute atomic E-state index is 11.7. The number of hydrogen-bond donors (Lipinski definition) is 0. The second-order valence-electron chi connectivity index (χ2n) is 3.76. The molecular weight excluding hydrogens is 210 g/mol. The lowest BCUT2D eigenvalue weighted by Gasteiger charge is -2.17. The third-order valence-corrected chi connectivity index (χ3v) is 2.68. The van der Waals surface area contributed by atoms with E-state index in [4.69, 9.17) is 0 Å². The zero-order valence-corrected chi connectivity index (χ0v) is 10.3. The first-order chi connectivity index (χ1) is 7.11. The highest BCUT2D eigenvalue weighted by molar-refractivity contribution is 7.07. The standard InChI is InChI=1S/C10H17N3OS/c1-12(2)5-4-6-13(3)10(14)9-7-15-8-11-9/h7-8H,4-6H2,1-3H3. The van der Waals surface area contributed by atoms with Gasteiger partial charge in [0, 0.05) is 19.0 Å². The van der Waals surface area contributed by atoms with E-state index >= 15 is 0 Å². The van der Waals surface area contributed by atoms with Crippen molar-refractivity contribution in [2.24, 2.45) is 0 Å². The molecule has 0 atom stereocenters. The van der Waals surface area contributed by atoms with E-state index in [1.807, 2.05) is 21.1 Å². The van der Waals surface area contributed by atoms with Crippen LogP contribution >= 0.6 is 11.3 Å². The number of amides is 1. The third kappa shape index (κ3) is 3.97. The van der Waals surface area contributed by atoms with Gasteiger partial charge in [-0.15, -0.1) is 11.3 Å². The summed E-state index contributed by atoms with van der Waals surface area (Å²) in [6, 6.07) is 0.